The molecule has 3 nitrogen and oxygen atoms in total. The predicted molar refractivity (Wildman–Crippen MR) is 62.2 cm³/mol. The van der Waals surface area contributed by atoms with Crippen molar-refractivity contribution in [1.29, 1.82) is 0 Å². The number of ether oxygens (including phenoxy) is 1. The molecular formula is C11H18N2OS. The normalized spacial score (nSPS) is 28.2. The van der Waals surface area contributed by atoms with Crippen molar-refractivity contribution in [1.82, 2.24) is 10.3 Å². The van der Waals surface area contributed by atoms with Crippen LogP contribution in [0, 0.1) is 6.92 Å². The van der Waals surface area contributed by atoms with Crippen LogP contribution in [0.15, 0.2) is 6.20 Å². The minimum atomic E-state index is 0.335. The van der Waals surface area contributed by atoms with E-state index in [1.54, 1.807) is 11.3 Å². The van der Waals surface area contributed by atoms with Gasteiger partial charge in [0.1, 0.15) is 0 Å². The van der Waals surface area contributed by atoms with Gasteiger partial charge in [0.05, 0.1) is 11.1 Å². The van der Waals surface area contributed by atoms with Crippen molar-refractivity contribution in [3.63, 3.8) is 0 Å². The molecular weight excluding hydrogens is 208 g/mol. The first-order chi connectivity index (χ1) is 7.16. The minimum absolute atomic E-state index is 0.335. The fraction of sp³-hybridized carbons (Fsp3) is 0.727. The second-order valence-corrected chi connectivity index (χ2v) is 5.41. The molecule has 0 aromatic carbocycles. The summed E-state index contributed by atoms with van der Waals surface area (Å²) in [5.41, 5.74) is 0. The Hall–Kier alpha value is -0.450. The monoisotopic (exact) mass is 226 g/mol. The zero-order valence-corrected chi connectivity index (χ0v) is 10.3. The third kappa shape index (κ3) is 2.56. The Balaban J connectivity index is 1.94. The molecule has 2 heterocycles. The number of hydrogen-bond donors (Lipinski definition) is 1. The molecule has 15 heavy (non-hydrogen) atoms. The number of nitrogens with zero attached hydrogens (tertiary/aromatic N) is 1. The number of nitrogens with one attached hydrogen (secondary N) is 1. The van der Waals surface area contributed by atoms with E-state index in [0.29, 0.717) is 18.2 Å². The van der Waals surface area contributed by atoms with Crippen LogP contribution in [0.2, 0.25) is 0 Å². The van der Waals surface area contributed by atoms with E-state index in [4.69, 9.17) is 4.74 Å². The molecule has 0 bridgehead atoms. The summed E-state index contributed by atoms with van der Waals surface area (Å²) >= 11 is 1.77. The van der Waals surface area contributed by atoms with Gasteiger partial charge in [-0.15, -0.1) is 11.3 Å². The van der Waals surface area contributed by atoms with Gasteiger partial charge in [-0.2, -0.15) is 0 Å². The lowest BCUT2D eigenvalue weighted by atomic mass is 10.1. The third-order valence-electron chi connectivity index (χ3n) is 2.91. The van der Waals surface area contributed by atoms with Crippen molar-refractivity contribution in [3.05, 3.63) is 16.1 Å². The van der Waals surface area contributed by atoms with Crippen LogP contribution in [-0.2, 0) is 4.74 Å². The van der Waals surface area contributed by atoms with Gasteiger partial charge in [0.15, 0.2) is 0 Å². The Morgan fingerprint density at radius 3 is 3.00 bits per heavy atom. The average molecular weight is 226 g/mol. The number of hydrogen-bond acceptors (Lipinski definition) is 4. The third-order valence-corrected chi connectivity index (χ3v) is 4.00. The maximum Gasteiger partial charge on any atom is 0.0897 e. The summed E-state index contributed by atoms with van der Waals surface area (Å²) in [6.07, 6.45) is 3.42. The van der Waals surface area contributed by atoms with Crippen LogP contribution in [0.1, 0.15) is 36.2 Å². The molecule has 3 atom stereocenters. The van der Waals surface area contributed by atoms with E-state index in [9.17, 15) is 0 Å². The molecule has 4 heteroatoms. The van der Waals surface area contributed by atoms with Gasteiger partial charge in [-0.05, 0) is 27.2 Å². The highest BCUT2D eigenvalue weighted by molar-refractivity contribution is 7.11. The van der Waals surface area contributed by atoms with E-state index >= 15 is 0 Å². The van der Waals surface area contributed by atoms with Crippen LogP contribution in [-0.4, -0.2) is 23.7 Å². The molecule has 1 N–H and O–H groups in total. The summed E-state index contributed by atoms with van der Waals surface area (Å²) < 4.78 is 5.53. The van der Waals surface area contributed by atoms with Crippen molar-refractivity contribution in [3.8, 4) is 0 Å². The highest BCUT2D eigenvalue weighted by atomic mass is 32.1. The molecule has 0 saturated carbocycles. The van der Waals surface area contributed by atoms with Crippen molar-refractivity contribution >= 4 is 11.3 Å². The quantitative estimate of drug-likeness (QED) is 0.858. The van der Waals surface area contributed by atoms with E-state index in [0.717, 1.165) is 18.0 Å². The number of aryl methyl sites for hydroxylation is 1. The van der Waals surface area contributed by atoms with Gasteiger partial charge in [-0.1, -0.05) is 0 Å². The fourth-order valence-electron chi connectivity index (χ4n) is 1.93. The smallest absolute Gasteiger partial charge is 0.0897 e. The molecule has 0 spiro atoms. The number of aromatic nitrogens is 1. The first kappa shape index (κ1) is 11.0. The Morgan fingerprint density at radius 2 is 2.47 bits per heavy atom. The molecule has 3 unspecified atom stereocenters. The molecule has 1 aromatic heterocycles. The summed E-state index contributed by atoms with van der Waals surface area (Å²) in [5, 5.41) is 4.74. The Morgan fingerprint density at radius 1 is 1.67 bits per heavy atom. The van der Waals surface area contributed by atoms with Crippen LogP contribution < -0.4 is 5.32 Å². The summed E-state index contributed by atoms with van der Waals surface area (Å²) in [5.74, 6) is 0. The van der Waals surface area contributed by atoms with Crippen molar-refractivity contribution < 1.29 is 4.74 Å². The first-order valence-electron chi connectivity index (χ1n) is 5.47. The van der Waals surface area contributed by atoms with Crippen LogP contribution in [0.25, 0.3) is 0 Å². The summed E-state index contributed by atoms with van der Waals surface area (Å²) in [7, 11) is 0. The average Bonchev–Trinajstić information content (AvgIpc) is 2.77. The second kappa shape index (κ2) is 4.60. The van der Waals surface area contributed by atoms with Crippen molar-refractivity contribution in [2.45, 2.75) is 45.4 Å². The predicted octanol–water partition coefficient (Wildman–Crippen LogP) is 2.28. The lowest BCUT2D eigenvalue weighted by Crippen LogP contribution is -2.36. The number of thiazole rings is 1. The maximum atomic E-state index is 5.53. The molecule has 0 amide bonds. The van der Waals surface area contributed by atoms with Crippen LogP contribution in [0.4, 0.5) is 0 Å². The molecule has 84 valence electrons. The molecule has 1 aromatic rings. The zero-order chi connectivity index (χ0) is 10.8. The maximum absolute atomic E-state index is 5.53. The van der Waals surface area contributed by atoms with E-state index in [2.05, 4.69) is 24.1 Å². The highest BCUT2D eigenvalue weighted by Gasteiger charge is 2.25. The summed E-state index contributed by atoms with van der Waals surface area (Å²) in [6.45, 7) is 7.25. The van der Waals surface area contributed by atoms with Gasteiger partial charge < -0.3 is 10.1 Å². The standard InChI is InChI=1S/C11H18N2OS/c1-7(11-6-12-9(3)15-11)13-10-4-5-14-8(10)2/h6-8,10,13H,4-5H2,1-3H3. The molecule has 1 aliphatic heterocycles. The lowest BCUT2D eigenvalue weighted by Gasteiger charge is -2.20. The molecule has 1 fully saturated rings. The molecule has 1 aliphatic rings. The van der Waals surface area contributed by atoms with E-state index in [-0.39, 0.29) is 0 Å². The van der Waals surface area contributed by atoms with Crippen molar-refractivity contribution in [2.24, 2.45) is 0 Å². The Labute approximate surface area is 94.9 Å². The minimum Gasteiger partial charge on any atom is -0.377 e. The first-order valence-corrected chi connectivity index (χ1v) is 6.28. The summed E-state index contributed by atoms with van der Waals surface area (Å²) in [6, 6.07) is 0.868. The lowest BCUT2D eigenvalue weighted by molar-refractivity contribution is 0.111. The van der Waals surface area contributed by atoms with Gasteiger partial charge >= 0.3 is 0 Å². The number of rotatable bonds is 3. The van der Waals surface area contributed by atoms with Crippen molar-refractivity contribution in [2.75, 3.05) is 6.61 Å². The molecule has 0 aliphatic carbocycles. The van der Waals surface area contributed by atoms with Crippen LogP contribution in [0.5, 0.6) is 0 Å². The van der Waals surface area contributed by atoms with E-state index < -0.39 is 0 Å². The van der Waals surface area contributed by atoms with Gasteiger partial charge in [0, 0.05) is 29.8 Å². The second-order valence-electron chi connectivity index (χ2n) is 4.14. The zero-order valence-electron chi connectivity index (χ0n) is 9.49. The van der Waals surface area contributed by atoms with Crippen LogP contribution >= 0.6 is 11.3 Å². The van der Waals surface area contributed by atoms with Gasteiger partial charge in [0.25, 0.3) is 0 Å². The van der Waals surface area contributed by atoms with Gasteiger partial charge in [0.2, 0.25) is 0 Å². The van der Waals surface area contributed by atoms with E-state index in [1.165, 1.54) is 4.88 Å². The topological polar surface area (TPSA) is 34.2 Å². The van der Waals surface area contributed by atoms with Crippen LogP contribution in [0.3, 0.4) is 0 Å². The summed E-state index contributed by atoms with van der Waals surface area (Å²) in [4.78, 5) is 5.59. The fourth-order valence-corrected chi connectivity index (χ4v) is 2.73. The molecule has 2 rings (SSSR count). The molecule has 0 radical (unpaired) electrons. The Kier molecular flexibility index (Phi) is 3.38. The van der Waals surface area contributed by atoms with Gasteiger partial charge in [-0.25, -0.2) is 4.98 Å². The molecule has 1 saturated heterocycles. The highest BCUT2D eigenvalue weighted by Crippen LogP contribution is 2.23. The SMILES string of the molecule is Cc1ncc(C(C)NC2CCOC2C)s1. The van der Waals surface area contributed by atoms with E-state index in [1.807, 2.05) is 13.1 Å². The van der Waals surface area contributed by atoms with Gasteiger partial charge in [-0.3, -0.25) is 0 Å². The Bertz CT molecular complexity index is 326. The largest absolute Gasteiger partial charge is 0.377 e.